The fourth-order valence-corrected chi connectivity index (χ4v) is 4.73. The average molecular weight is 500 g/mol. The highest BCUT2D eigenvalue weighted by molar-refractivity contribution is 14.0. The number of sulfone groups is 1. The molecular formula is C15H25IN4O3S2. The molecule has 7 nitrogen and oxygen atoms in total. The van der Waals surface area contributed by atoms with Gasteiger partial charge in [-0.2, -0.15) is 11.3 Å². The number of rotatable bonds is 7. The highest BCUT2D eigenvalue weighted by Gasteiger charge is 2.28. The Morgan fingerprint density at radius 1 is 1.40 bits per heavy atom. The van der Waals surface area contributed by atoms with Crippen molar-refractivity contribution in [3.8, 4) is 0 Å². The quantitative estimate of drug-likeness (QED) is 0.296. The van der Waals surface area contributed by atoms with Crippen LogP contribution in [0.3, 0.4) is 0 Å². The van der Waals surface area contributed by atoms with Crippen molar-refractivity contribution in [1.82, 2.24) is 16.0 Å². The molecule has 0 aliphatic carbocycles. The van der Waals surface area contributed by atoms with Crippen LogP contribution in [0.15, 0.2) is 21.8 Å². The molecule has 1 saturated heterocycles. The third-order valence-corrected chi connectivity index (χ3v) is 6.09. The number of carbonyl (C=O) groups excluding carboxylic acids is 1. The summed E-state index contributed by atoms with van der Waals surface area (Å²) in [5.41, 5.74) is 1.15. The summed E-state index contributed by atoms with van der Waals surface area (Å²) in [5, 5.41) is 13.1. The number of amides is 1. The molecular weight excluding hydrogens is 475 g/mol. The van der Waals surface area contributed by atoms with E-state index in [4.69, 9.17) is 0 Å². The Balaban J connectivity index is 0.00000312. The molecule has 1 atom stereocenters. The zero-order chi connectivity index (χ0) is 17.4. The SMILES string of the molecule is CCNC(=NCc1ccsc1)NCCC(=O)NC1CCS(=O)(=O)C1.I. The van der Waals surface area contributed by atoms with Crippen LogP contribution in [0.25, 0.3) is 0 Å². The zero-order valence-electron chi connectivity index (χ0n) is 14.2. The first-order valence-corrected chi connectivity index (χ1v) is 10.8. The first-order valence-electron chi connectivity index (χ1n) is 8.01. The molecule has 142 valence electrons. The Kier molecular flexibility index (Phi) is 9.72. The molecule has 2 heterocycles. The summed E-state index contributed by atoms with van der Waals surface area (Å²) in [6.07, 6.45) is 0.783. The Hall–Kier alpha value is -0.880. The van der Waals surface area contributed by atoms with E-state index in [1.807, 2.05) is 18.4 Å². The van der Waals surface area contributed by atoms with E-state index in [1.54, 1.807) is 11.3 Å². The highest BCUT2D eigenvalue weighted by Crippen LogP contribution is 2.11. The smallest absolute Gasteiger partial charge is 0.222 e. The molecule has 0 radical (unpaired) electrons. The summed E-state index contributed by atoms with van der Waals surface area (Å²) in [6, 6.07) is 1.78. The molecule has 0 spiro atoms. The van der Waals surface area contributed by atoms with Crippen molar-refractivity contribution in [2.24, 2.45) is 4.99 Å². The molecule has 3 N–H and O–H groups in total. The van der Waals surface area contributed by atoms with Crippen molar-refractivity contribution in [2.75, 3.05) is 24.6 Å². The van der Waals surface area contributed by atoms with Crippen LogP contribution >= 0.6 is 35.3 Å². The maximum Gasteiger partial charge on any atom is 0.222 e. The van der Waals surface area contributed by atoms with Crippen LogP contribution in [0, 0.1) is 0 Å². The van der Waals surface area contributed by atoms with Gasteiger partial charge in [0.25, 0.3) is 0 Å². The van der Waals surface area contributed by atoms with Crippen molar-refractivity contribution in [2.45, 2.75) is 32.4 Å². The molecule has 1 aliphatic rings. The first-order chi connectivity index (χ1) is 11.5. The van der Waals surface area contributed by atoms with Crippen molar-refractivity contribution in [3.63, 3.8) is 0 Å². The van der Waals surface area contributed by atoms with E-state index < -0.39 is 9.84 Å². The molecule has 1 aromatic rings. The largest absolute Gasteiger partial charge is 0.357 e. The number of thiophene rings is 1. The van der Waals surface area contributed by atoms with Gasteiger partial charge in [-0.25, -0.2) is 13.4 Å². The third-order valence-electron chi connectivity index (χ3n) is 3.59. The molecule has 0 bridgehead atoms. The normalized spacial score (nSPS) is 19.1. The van der Waals surface area contributed by atoms with Crippen molar-refractivity contribution < 1.29 is 13.2 Å². The van der Waals surface area contributed by atoms with Gasteiger partial charge >= 0.3 is 0 Å². The lowest BCUT2D eigenvalue weighted by molar-refractivity contribution is -0.121. The van der Waals surface area contributed by atoms with E-state index in [0.717, 1.165) is 12.1 Å². The summed E-state index contributed by atoms with van der Waals surface area (Å²) < 4.78 is 22.8. The zero-order valence-corrected chi connectivity index (χ0v) is 18.1. The second-order valence-corrected chi connectivity index (χ2v) is 8.68. The molecule has 0 aromatic carbocycles. The lowest BCUT2D eigenvalue weighted by Crippen LogP contribution is -2.41. The van der Waals surface area contributed by atoms with Gasteiger partial charge in [0.15, 0.2) is 15.8 Å². The van der Waals surface area contributed by atoms with Crippen LogP contribution in [0.2, 0.25) is 0 Å². The van der Waals surface area contributed by atoms with Gasteiger partial charge in [-0.1, -0.05) is 0 Å². The number of halogens is 1. The predicted molar refractivity (Wildman–Crippen MR) is 112 cm³/mol. The topological polar surface area (TPSA) is 99.7 Å². The average Bonchev–Trinajstić information content (AvgIpc) is 3.14. The van der Waals surface area contributed by atoms with Gasteiger partial charge in [0.2, 0.25) is 5.91 Å². The third kappa shape index (κ3) is 8.36. The van der Waals surface area contributed by atoms with E-state index in [-0.39, 0.29) is 53.9 Å². The fraction of sp³-hybridized carbons (Fsp3) is 0.600. The number of nitrogens with zero attached hydrogens (tertiary/aromatic N) is 1. The van der Waals surface area contributed by atoms with Gasteiger partial charge in [-0.15, -0.1) is 24.0 Å². The molecule has 1 amide bonds. The first kappa shape index (κ1) is 22.2. The minimum Gasteiger partial charge on any atom is -0.357 e. The summed E-state index contributed by atoms with van der Waals surface area (Å²) in [7, 11) is -2.97. The Labute approximate surface area is 170 Å². The molecule has 2 rings (SSSR count). The monoisotopic (exact) mass is 500 g/mol. The van der Waals surface area contributed by atoms with Gasteiger partial charge in [-0.05, 0) is 35.7 Å². The molecule has 1 unspecified atom stereocenters. The van der Waals surface area contributed by atoms with Crippen molar-refractivity contribution >= 4 is 57.0 Å². The number of hydrogen-bond acceptors (Lipinski definition) is 5. The molecule has 1 aromatic heterocycles. The molecule has 10 heteroatoms. The van der Waals surface area contributed by atoms with Crippen molar-refractivity contribution in [1.29, 1.82) is 0 Å². The number of aliphatic imine (C=N–C) groups is 1. The Bertz CT molecular complexity index is 662. The summed E-state index contributed by atoms with van der Waals surface area (Å²) in [4.78, 5) is 16.4. The van der Waals surface area contributed by atoms with Crippen LogP contribution in [0.1, 0.15) is 25.3 Å². The minimum atomic E-state index is -2.97. The fourth-order valence-electron chi connectivity index (χ4n) is 2.40. The molecule has 1 fully saturated rings. The van der Waals surface area contributed by atoms with Gasteiger partial charge in [0.05, 0.1) is 18.1 Å². The second kappa shape index (κ2) is 11.0. The lowest BCUT2D eigenvalue weighted by atomic mass is 10.2. The van der Waals surface area contributed by atoms with E-state index in [1.165, 1.54) is 0 Å². The van der Waals surface area contributed by atoms with Crippen molar-refractivity contribution in [3.05, 3.63) is 22.4 Å². The highest BCUT2D eigenvalue weighted by atomic mass is 127. The Morgan fingerprint density at radius 3 is 2.80 bits per heavy atom. The number of guanidine groups is 1. The molecule has 0 saturated carbocycles. The van der Waals surface area contributed by atoms with Crippen LogP contribution in [0.4, 0.5) is 0 Å². The maximum absolute atomic E-state index is 11.9. The van der Waals surface area contributed by atoms with Crippen LogP contribution in [-0.2, 0) is 21.2 Å². The minimum absolute atomic E-state index is 0. The number of nitrogens with one attached hydrogen (secondary N) is 3. The van der Waals surface area contributed by atoms with Crippen LogP contribution in [0.5, 0.6) is 0 Å². The lowest BCUT2D eigenvalue weighted by Gasteiger charge is -2.13. The van der Waals surface area contributed by atoms with E-state index in [0.29, 0.717) is 25.5 Å². The van der Waals surface area contributed by atoms with Crippen LogP contribution in [-0.4, -0.2) is 50.9 Å². The Morgan fingerprint density at radius 2 is 2.20 bits per heavy atom. The molecule has 1 aliphatic heterocycles. The molecule has 25 heavy (non-hydrogen) atoms. The number of carbonyl (C=O) groups is 1. The van der Waals surface area contributed by atoms with E-state index >= 15 is 0 Å². The second-order valence-electron chi connectivity index (χ2n) is 5.67. The van der Waals surface area contributed by atoms with Gasteiger partial charge in [0, 0.05) is 25.6 Å². The van der Waals surface area contributed by atoms with Gasteiger partial charge < -0.3 is 16.0 Å². The summed E-state index contributed by atoms with van der Waals surface area (Å²) >= 11 is 1.64. The standard InChI is InChI=1S/C15H24N4O3S2.HI/c1-2-16-15(18-9-12-4-7-23-10-12)17-6-3-14(20)19-13-5-8-24(21,22)11-13;/h4,7,10,13H,2-3,5-6,8-9,11H2,1H3,(H,19,20)(H2,16,17,18);1H. The van der Waals surface area contributed by atoms with Gasteiger partial charge in [0.1, 0.15) is 0 Å². The van der Waals surface area contributed by atoms with Gasteiger partial charge in [-0.3, -0.25) is 4.79 Å². The number of hydrogen-bond donors (Lipinski definition) is 3. The summed E-state index contributed by atoms with van der Waals surface area (Å²) in [6.45, 7) is 3.75. The van der Waals surface area contributed by atoms with Crippen LogP contribution < -0.4 is 16.0 Å². The predicted octanol–water partition coefficient (Wildman–Crippen LogP) is 1.11. The maximum atomic E-state index is 11.9. The van der Waals surface area contributed by atoms with E-state index in [9.17, 15) is 13.2 Å². The summed E-state index contributed by atoms with van der Waals surface area (Å²) in [5.74, 6) is 0.741. The van der Waals surface area contributed by atoms with E-state index in [2.05, 4.69) is 26.3 Å².